The van der Waals surface area contributed by atoms with Crippen LogP contribution < -0.4 is 9.64 Å². The Hall–Kier alpha value is -2.21. The molecule has 1 aromatic heterocycles. The monoisotopic (exact) mass is 342 g/mol. The van der Waals surface area contributed by atoms with Crippen LogP contribution in [-0.4, -0.2) is 48.2 Å². The van der Waals surface area contributed by atoms with Crippen LogP contribution in [0, 0.1) is 24.6 Å². The average Bonchev–Trinajstić information content (AvgIpc) is 3.15. The molecule has 2 unspecified atom stereocenters. The Morgan fingerprint density at radius 1 is 1.12 bits per heavy atom. The second-order valence-corrected chi connectivity index (χ2v) is 7.11. The van der Waals surface area contributed by atoms with Gasteiger partial charge in [0.25, 0.3) is 0 Å². The van der Waals surface area contributed by atoms with Crippen molar-refractivity contribution in [2.45, 2.75) is 13.5 Å². The number of hydrogen-bond acceptors (Lipinski definition) is 5. The van der Waals surface area contributed by atoms with Crippen LogP contribution in [-0.2, 0) is 6.54 Å². The van der Waals surface area contributed by atoms with Crippen LogP contribution in [0.1, 0.15) is 11.3 Å². The van der Waals surface area contributed by atoms with Gasteiger partial charge in [-0.3, -0.25) is 4.90 Å². The third-order valence-corrected chi connectivity index (χ3v) is 5.30. The number of fused-ring (bicyclic) bond motifs is 1. The van der Waals surface area contributed by atoms with Gasteiger partial charge in [0.05, 0.1) is 7.11 Å². The summed E-state index contributed by atoms with van der Waals surface area (Å²) in [7, 11) is 1.51. The van der Waals surface area contributed by atoms with Gasteiger partial charge in [-0.05, 0) is 36.5 Å². The maximum atomic E-state index is 13.5. The lowest BCUT2D eigenvalue weighted by Crippen LogP contribution is -2.29. The van der Waals surface area contributed by atoms with Crippen molar-refractivity contribution in [3.05, 3.63) is 47.7 Å². The Bertz CT molecular complexity index is 755. The zero-order chi connectivity index (χ0) is 17.4. The molecule has 0 amide bonds. The highest BCUT2D eigenvalue weighted by Gasteiger charge is 2.40. The molecule has 0 bridgehead atoms. The number of likely N-dealkylation sites (tertiary alicyclic amines) is 1. The van der Waals surface area contributed by atoms with Crippen molar-refractivity contribution >= 4 is 5.82 Å². The highest BCUT2D eigenvalue weighted by molar-refractivity contribution is 5.40. The molecule has 2 atom stereocenters. The number of aryl methyl sites for hydroxylation is 1. The van der Waals surface area contributed by atoms with Crippen molar-refractivity contribution in [2.75, 3.05) is 38.2 Å². The van der Waals surface area contributed by atoms with Gasteiger partial charge in [-0.15, -0.1) is 0 Å². The number of hydrogen-bond donors (Lipinski definition) is 0. The van der Waals surface area contributed by atoms with Gasteiger partial charge in [0.1, 0.15) is 12.1 Å². The minimum absolute atomic E-state index is 0.305. The fourth-order valence-electron chi connectivity index (χ4n) is 4.08. The molecule has 3 heterocycles. The first kappa shape index (κ1) is 16.3. The van der Waals surface area contributed by atoms with E-state index in [2.05, 4.69) is 25.8 Å². The quantitative estimate of drug-likeness (QED) is 0.854. The molecule has 132 valence electrons. The first-order chi connectivity index (χ1) is 12.1. The summed E-state index contributed by atoms with van der Waals surface area (Å²) >= 11 is 0. The van der Waals surface area contributed by atoms with Crippen molar-refractivity contribution in [1.82, 2.24) is 14.9 Å². The van der Waals surface area contributed by atoms with E-state index in [0.717, 1.165) is 49.8 Å². The van der Waals surface area contributed by atoms with Crippen LogP contribution in [0.15, 0.2) is 30.6 Å². The minimum Gasteiger partial charge on any atom is -0.494 e. The van der Waals surface area contributed by atoms with Crippen molar-refractivity contribution in [1.29, 1.82) is 0 Å². The Kier molecular flexibility index (Phi) is 4.29. The van der Waals surface area contributed by atoms with E-state index in [-0.39, 0.29) is 5.82 Å². The highest BCUT2D eigenvalue weighted by atomic mass is 19.1. The van der Waals surface area contributed by atoms with Gasteiger partial charge in [0, 0.05) is 44.5 Å². The van der Waals surface area contributed by atoms with E-state index in [9.17, 15) is 4.39 Å². The number of methoxy groups -OCH3 is 1. The lowest BCUT2D eigenvalue weighted by molar-refractivity contribution is 0.307. The molecule has 6 heteroatoms. The van der Waals surface area contributed by atoms with E-state index in [1.54, 1.807) is 12.4 Å². The largest absolute Gasteiger partial charge is 0.494 e. The summed E-state index contributed by atoms with van der Waals surface area (Å²) in [6.07, 6.45) is 1.65. The topological polar surface area (TPSA) is 41.5 Å². The zero-order valence-corrected chi connectivity index (χ0v) is 14.7. The Morgan fingerprint density at radius 3 is 2.56 bits per heavy atom. The molecule has 2 aliphatic heterocycles. The van der Waals surface area contributed by atoms with E-state index < -0.39 is 0 Å². The molecular formula is C19H23FN4O. The molecule has 2 saturated heterocycles. The highest BCUT2D eigenvalue weighted by Crippen LogP contribution is 2.34. The second-order valence-electron chi connectivity index (χ2n) is 7.11. The number of rotatable bonds is 4. The molecule has 25 heavy (non-hydrogen) atoms. The van der Waals surface area contributed by atoms with Crippen LogP contribution in [0.2, 0.25) is 0 Å². The maximum absolute atomic E-state index is 13.5. The van der Waals surface area contributed by atoms with Gasteiger partial charge in [-0.1, -0.05) is 6.07 Å². The minimum atomic E-state index is -0.305. The van der Waals surface area contributed by atoms with Crippen LogP contribution in [0.4, 0.5) is 10.2 Å². The SMILES string of the molecule is COc1cc(CN2CC3CN(c4cc(C)ncn4)CC3C2)ccc1F. The van der Waals surface area contributed by atoms with E-state index in [1.165, 1.54) is 13.2 Å². The lowest BCUT2D eigenvalue weighted by Gasteiger charge is -2.22. The van der Waals surface area contributed by atoms with E-state index >= 15 is 0 Å². The molecule has 0 radical (unpaired) electrons. The number of aromatic nitrogens is 2. The molecule has 0 aliphatic carbocycles. The van der Waals surface area contributed by atoms with Crippen LogP contribution in [0.5, 0.6) is 5.75 Å². The molecule has 0 saturated carbocycles. The second kappa shape index (κ2) is 6.59. The molecular weight excluding hydrogens is 319 g/mol. The summed E-state index contributed by atoms with van der Waals surface area (Å²) in [4.78, 5) is 13.4. The van der Waals surface area contributed by atoms with Crippen LogP contribution in [0.25, 0.3) is 0 Å². The van der Waals surface area contributed by atoms with Crippen LogP contribution in [0.3, 0.4) is 0 Å². The molecule has 0 spiro atoms. The normalized spacial score (nSPS) is 23.1. The predicted octanol–water partition coefficient (Wildman–Crippen LogP) is 2.50. The van der Waals surface area contributed by atoms with Crippen molar-refractivity contribution < 1.29 is 9.13 Å². The first-order valence-corrected chi connectivity index (χ1v) is 8.70. The van der Waals surface area contributed by atoms with Crippen molar-refractivity contribution in [3.63, 3.8) is 0 Å². The summed E-state index contributed by atoms with van der Waals surface area (Å²) in [5, 5.41) is 0. The molecule has 2 aliphatic rings. The van der Waals surface area contributed by atoms with E-state index in [0.29, 0.717) is 17.6 Å². The fraction of sp³-hybridized carbons (Fsp3) is 0.474. The van der Waals surface area contributed by atoms with Gasteiger partial charge < -0.3 is 9.64 Å². The molecule has 5 nitrogen and oxygen atoms in total. The van der Waals surface area contributed by atoms with Gasteiger partial charge in [0.2, 0.25) is 0 Å². The Balaban J connectivity index is 1.38. The number of ether oxygens (including phenoxy) is 1. The maximum Gasteiger partial charge on any atom is 0.165 e. The lowest BCUT2D eigenvalue weighted by atomic mass is 10.0. The Labute approximate surface area is 147 Å². The summed E-state index contributed by atoms with van der Waals surface area (Å²) in [5.74, 6) is 2.38. The first-order valence-electron chi connectivity index (χ1n) is 8.70. The number of nitrogens with zero attached hydrogens (tertiary/aromatic N) is 4. The van der Waals surface area contributed by atoms with E-state index in [1.807, 2.05) is 13.0 Å². The summed E-state index contributed by atoms with van der Waals surface area (Å²) in [6, 6.07) is 7.20. The predicted molar refractivity (Wildman–Crippen MR) is 94.2 cm³/mol. The standard InChI is InChI=1S/C19H23FN4O/c1-13-5-19(22-12-21-13)24-10-15-8-23(9-16(15)11-24)7-14-3-4-17(20)18(6-14)25-2/h3-6,12,15-16H,7-11H2,1-2H3. The molecule has 2 fully saturated rings. The average molecular weight is 342 g/mol. The third kappa shape index (κ3) is 3.31. The van der Waals surface area contributed by atoms with Gasteiger partial charge in [0.15, 0.2) is 11.6 Å². The van der Waals surface area contributed by atoms with Crippen LogP contribution >= 0.6 is 0 Å². The van der Waals surface area contributed by atoms with Crippen molar-refractivity contribution in [2.24, 2.45) is 11.8 Å². The van der Waals surface area contributed by atoms with Gasteiger partial charge in [-0.2, -0.15) is 0 Å². The Morgan fingerprint density at radius 2 is 1.88 bits per heavy atom. The summed E-state index contributed by atoms with van der Waals surface area (Å²) in [6.45, 7) is 7.08. The third-order valence-electron chi connectivity index (χ3n) is 5.30. The van der Waals surface area contributed by atoms with Gasteiger partial charge >= 0.3 is 0 Å². The molecule has 1 aromatic carbocycles. The summed E-state index contributed by atoms with van der Waals surface area (Å²) < 4.78 is 18.6. The fourth-order valence-corrected chi connectivity index (χ4v) is 4.08. The molecule has 2 aromatic rings. The molecule has 4 rings (SSSR count). The summed E-state index contributed by atoms with van der Waals surface area (Å²) in [5.41, 5.74) is 2.11. The van der Waals surface area contributed by atoms with Crippen molar-refractivity contribution in [3.8, 4) is 5.75 Å². The van der Waals surface area contributed by atoms with E-state index in [4.69, 9.17) is 4.74 Å². The molecule has 0 N–H and O–H groups in total. The number of anilines is 1. The smallest absolute Gasteiger partial charge is 0.165 e. The number of benzene rings is 1. The van der Waals surface area contributed by atoms with Gasteiger partial charge in [-0.25, -0.2) is 14.4 Å². The zero-order valence-electron chi connectivity index (χ0n) is 14.7. The number of halogens is 1.